The minimum atomic E-state index is -0.548. The number of amides is 1. The molecule has 6 nitrogen and oxygen atoms in total. The molecule has 0 saturated carbocycles. The molecule has 3 rings (SSSR count). The minimum absolute atomic E-state index is 0.0929. The second-order valence-corrected chi connectivity index (χ2v) is 7.77. The topological polar surface area (TPSA) is 81.7 Å². The largest absolute Gasteiger partial charge is 0.452 e. The molecule has 0 bridgehead atoms. The fourth-order valence-electron chi connectivity index (χ4n) is 2.94. The molecule has 1 N–H and O–H groups in total. The number of esters is 1. The van der Waals surface area contributed by atoms with Crippen molar-refractivity contribution in [2.45, 2.75) is 30.8 Å². The Balaban J connectivity index is 1.54. The Morgan fingerprint density at radius 3 is 2.76 bits per heavy atom. The molecule has 1 saturated heterocycles. The molecule has 1 aliphatic rings. The average molecular weight is 413 g/mol. The summed E-state index contributed by atoms with van der Waals surface area (Å²) >= 11 is 1.56. The monoisotopic (exact) mass is 413 g/mol. The quantitative estimate of drug-likeness (QED) is 0.401. The van der Waals surface area contributed by atoms with Gasteiger partial charge in [0, 0.05) is 28.5 Å². The van der Waals surface area contributed by atoms with Crippen LogP contribution in [0.5, 0.6) is 0 Å². The Bertz CT molecular complexity index is 892. The van der Waals surface area contributed by atoms with Crippen molar-refractivity contribution in [2.75, 3.05) is 24.3 Å². The summed E-state index contributed by atoms with van der Waals surface area (Å²) < 4.78 is 10.8. The number of carbonyl (C=O) groups excluding carboxylic acids is 3. The highest BCUT2D eigenvalue weighted by Crippen LogP contribution is 2.27. The number of thioether (sulfide) groups is 1. The third-order valence-electron chi connectivity index (χ3n) is 4.44. The van der Waals surface area contributed by atoms with E-state index in [0.717, 1.165) is 30.1 Å². The van der Waals surface area contributed by atoms with Crippen molar-refractivity contribution in [1.29, 1.82) is 0 Å². The van der Waals surface area contributed by atoms with E-state index in [2.05, 4.69) is 5.32 Å². The molecule has 7 heteroatoms. The van der Waals surface area contributed by atoms with Gasteiger partial charge >= 0.3 is 5.97 Å². The molecule has 29 heavy (non-hydrogen) atoms. The summed E-state index contributed by atoms with van der Waals surface area (Å²) in [7, 11) is 0. The predicted octanol–water partition coefficient (Wildman–Crippen LogP) is 3.96. The normalized spacial score (nSPS) is 15.7. The summed E-state index contributed by atoms with van der Waals surface area (Å²) in [5.74, 6) is -0.335. The summed E-state index contributed by atoms with van der Waals surface area (Å²) in [4.78, 5) is 36.8. The van der Waals surface area contributed by atoms with Crippen LogP contribution >= 0.6 is 11.8 Å². The van der Waals surface area contributed by atoms with Crippen LogP contribution in [0.4, 0.5) is 5.69 Å². The molecular formula is C22H23NO5S. The standard InChI is InChI=1S/C22H23NO5S/c1-15(24)16-6-4-7-17(12-16)23-21(25)13-28-22(26)19-9-2-3-10-20(19)29-14-18-8-5-11-27-18/h2-4,6-7,9-10,12,18H,5,8,11,13-14H2,1H3,(H,23,25)/t18-/m0/s1. The van der Waals surface area contributed by atoms with Gasteiger partial charge in [0.2, 0.25) is 0 Å². The number of hydrogen-bond donors (Lipinski definition) is 1. The van der Waals surface area contributed by atoms with Crippen molar-refractivity contribution in [3.63, 3.8) is 0 Å². The number of ether oxygens (including phenoxy) is 2. The molecular weight excluding hydrogens is 390 g/mol. The molecule has 2 aromatic carbocycles. The van der Waals surface area contributed by atoms with E-state index < -0.39 is 18.5 Å². The van der Waals surface area contributed by atoms with Crippen LogP contribution in [0.2, 0.25) is 0 Å². The molecule has 152 valence electrons. The Kier molecular flexibility index (Phi) is 7.43. The van der Waals surface area contributed by atoms with E-state index in [-0.39, 0.29) is 11.9 Å². The van der Waals surface area contributed by atoms with Crippen molar-refractivity contribution in [2.24, 2.45) is 0 Å². The Morgan fingerprint density at radius 1 is 1.17 bits per heavy atom. The first-order valence-electron chi connectivity index (χ1n) is 9.44. The highest BCUT2D eigenvalue weighted by molar-refractivity contribution is 7.99. The van der Waals surface area contributed by atoms with E-state index >= 15 is 0 Å². The van der Waals surface area contributed by atoms with E-state index in [1.165, 1.54) is 6.92 Å². The maximum absolute atomic E-state index is 12.5. The second kappa shape index (κ2) is 10.2. The van der Waals surface area contributed by atoms with Crippen LogP contribution in [0.25, 0.3) is 0 Å². The van der Waals surface area contributed by atoms with E-state index in [1.807, 2.05) is 12.1 Å². The summed E-state index contributed by atoms with van der Waals surface area (Å²) in [6.07, 6.45) is 2.31. The van der Waals surface area contributed by atoms with Gasteiger partial charge in [-0.05, 0) is 44.0 Å². The zero-order chi connectivity index (χ0) is 20.6. The Hall–Kier alpha value is -2.64. The first kappa shape index (κ1) is 21.1. The van der Waals surface area contributed by atoms with Gasteiger partial charge < -0.3 is 14.8 Å². The summed E-state index contributed by atoms with van der Waals surface area (Å²) in [6, 6.07) is 13.8. The maximum Gasteiger partial charge on any atom is 0.339 e. The third-order valence-corrected chi connectivity index (χ3v) is 5.65. The molecule has 1 fully saturated rings. The number of benzene rings is 2. The summed E-state index contributed by atoms with van der Waals surface area (Å²) in [5, 5.41) is 2.63. The van der Waals surface area contributed by atoms with Gasteiger partial charge in [0.1, 0.15) is 0 Å². The first-order chi connectivity index (χ1) is 14.0. The van der Waals surface area contributed by atoms with Crippen LogP contribution in [0.1, 0.15) is 40.5 Å². The second-order valence-electron chi connectivity index (χ2n) is 6.70. The molecule has 0 spiro atoms. The van der Waals surface area contributed by atoms with Gasteiger partial charge in [0.15, 0.2) is 12.4 Å². The van der Waals surface area contributed by atoms with Crippen molar-refractivity contribution in [3.05, 3.63) is 59.7 Å². The SMILES string of the molecule is CC(=O)c1cccc(NC(=O)COC(=O)c2ccccc2SC[C@@H]2CCCO2)c1. The average Bonchev–Trinajstić information content (AvgIpc) is 3.24. The number of ketones is 1. The van der Waals surface area contributed by atoms with Gasteiger partial charge in [-0.25, -0.2) is 4.79 Å². The lowest BCUT2D eigenvalue weighted by Gasteiger charge is -2.12. The predicted molar refractivity (Wildman–Crippen MR) is 111 cm³/mol. The number of nitrogens with one attached hydrogen (secondary N) is 1. The molecule has 0 aromatic heterocycles. The fourth-order valence-corrected chi connectivity index (χ4v) is 4.05. The fraction of sp³-hybridized carbons (Fsp3) is 0.318. The maximum atomic E-state index is 12.5. The zero-order valence-electron chi connectivity index (χ0n) is 16.2. The Morgan fingerprint density at radius 2 is 2.00 bits per heavy atom. The molecule has 2 aromatic rings. The minimum Gasteiger partial charge on any atom is -0.452 e. The molecule has 1 amide bonds. The number of anilines is 1. The summed E-state index contributed by atoms with van der Waals surface area (Å²) in [6.45, 7) is 1.84. The van der Waals surface area contributed by atoms with Gasteiger partial charge in [0.25, 0.3) is 5.91 Å². The van der Waals surface area contributed by atoms with Gasteiger partial charge in [-0.1, -0.05) is 24.3 Å². The van der Waals surface area contributed by atoms with Crippen molar-refractivity contribution >= 4 is 35.1 Å². The van der Waals surface area contributed by atoms with Gasteiger partial charge in [0.05, 0.1) is 11.7 Å². The van der Waals surface area contributed by atoms with Gasteiger partial charge in [-0.2, -0.15) is 0 Å². The van der Waals surface area contributed by atoms with Crippen LogP contribution in [-0.2, 0) is 14.3 Å². The highest BCUT2D eigenvalue weighted by Gasteiger charge is 2.19. The van der Waals surface area contributed by atoms with Crippen LogP contribution < -0.4 is 5.32 Å². The van der Waals surface area contributed by atoms with Crippen molar-refractivity contribution in [3.8, 4) is 0 Å². The molecule has 1 atom stereocenters. The molecule has 0 unspecified atom stereocenters. The lowest BCUT2D eigenvalue weighted by molar-refractivity contribution is -0.119. The molecule has 0 radical (unpaired) electrons. The molecule has 0 aliphatic carbocycles. The van der Waals surface area contributed by atoms with E-state index in [4.69, 9.17) is 9.47 Å². The number of rotatable bonds is 8. The van der Waals surface area contributed by atoms with Gasteiger partial charge in [-0.15, -0.1) is 11.8 Å². The van der Waals surface area contributed by atoms with Crippen LogP contribution in [0.3, 0.4) is 0 Å². The smallest absolute Gasteiger partial charge is 0.339 e. The number of carbonyl (C=O) groups is 3. The van der Waals surface area contributed by atoms with E-state index in [9.17, 15) is 14.4 Å². The third kappa shape index (κ3) is 6.17. The summed E-state index contributed by atoms with van der Waals surface area (Å²) in [5.41, 5.74) is 1.41. The van der Waals surface area contributed by atoms with Crippen molar-refractivity contribution < 1.29 is 23.9 Å². The first-order valence-corrected chi connectivity index (χ1v) is 10.4. The van der Waals surface area contributed by atoms with Crippen molar-refractivity contribution in [1.82, 2.24) is 0 Å². The zero-order valence-corrected chi connectivity index (χ0v) is 17.0. The molecule has 1 aliphatic heterocycles. The van der Waals surface area contributed by atoms with Crippen LogP contribution in [0, 0.1) is 0 Å². The van der Waals surface area contributed by atoms with E-state index in [0.29, 0.717) is 16.8 Å². The lowest BCUT2D eigenvalue weighted by Crippen LogP contribution is -2.21. The number of Topliss-reactive ketones (excluding diaryl/α,β-unsaturated/α-hetero) is 1. The van der Waals surface area contributed by atoms with Crippen LogP contribution in [-0.4, -0.2) is 42.7 Å². The number of hydrogen-bond acceptors (Lipinski definition) is 6. The van der Waals surface area contributed by atoms with E-state index in [1.54, 1.807) is 48.2 Å². The Labute approximate surface area is 174 Å². The molecule has 1 heterocycles. The van der Waals surface area contributed by atoms with Crippen LogP contribution in [0.15, 0.2) is 53.4 Å². The van der Waals surface area contributed by atoms with Gasteiger partial charge in [-0.3, -0.25) is 9.59 Å². The lowest BCUT2D eigenvalue weighted by atomic mass is 10.1. The highest BCUT2D eigenvalue weighted by atomic mass is 32.2.